The number of thiophene rings is 1. The number of nitrogens with zero attached hydrogens (tertiary/aromatic N) is 2. The van der Waals surface area contributed by atoms with Crippen LogP contribution < -0.4 is 9.62 Å². The average molecular weight is 490 g/mol. The molecule has 8 heteroatoms. The molecule has 2 aromatic heterocycles. The van der Waals surface area contributed by atoms with E-state index in [1.807, 2.05) is 30.3 Å². The average Bonchev–Trinajstić information content (AvgIpc) is 3.51. The number of para-hydroxylation sites is 1. The number of hydrogen-bond donors (Lipinski definition) is 1. The Kier molecular flexibility index (Phi) is 5.63. The van der Waals surface area contributed by atoms with Crippen LogP contribution in [0, 0.1) is 0 Å². The summed E-state index contributed by atoms with van der Waals surface area (Å²) in [5.74, 6) is -0.256. The number of amides is 1. The minimum atomic E-state index is -3.62. The predicted molar refractivity (Wildman–Crippen MR) is 139 cm³/mol. The molecule has 0 atom stereocenters. The molecule has 0 spiro atoms. The number of carbonyl (C=O) groups excluding carboxylic acids is 1. The zero-order valence-corrected chi connectivity index (χ0v) is 20.4. The highest BCUT2D eigenvalue weighted by Crippen LogP contribution is 2.31. The maximum Gasteiger partial charge on any atom is 0.273 e. The molecule has 0 unspecified atom stereocenters. The molecule has 0 radical (unpaired) electrons. The SMILES string of the molecule is CCn1c2ccccc2c2cc(NC(=O)c3ccc(N(C)S(=O)(=O)c4cccs4)cc3)ccc21. The van der Waals surface area contributed by atoms with Crippen LogP contribution in [-0.2, 0) is 16.6 Å². The number of hydrogen-bond acceptors (Lipinski definition) is 4. The summed E-state index contributed by atoms with van der Waals surface area (Å²) in [7, 11) is -2.11. The van der Waals surface area contributed by atoms with E-state index in [1.165, 1.54) is 28.2 Å². The minimum absolute atomic E-state index is 0.256. The van der Waals surface area contributed by atoms with Gasteiger partial charge in [-0.25, -0.2) is 8.42 Å². The largest absolute Gasteiger partial charge is 0.341 e. The molecule has 1 amide bonds. The molecule has 0 fully saturated rings. The molecule has 0 saturated carbocycles. The smallest absolute Gasteiger partial charge is 0.273 e. The third kappa shape index (κ3) is 3.74. The molecule has 3 aromatic carbocycles. The van der Waals surface area contributed by atoms with Gasteiger partial charge in [-0.2, -0.15) is 0 Å². The third-order valence-electron chi connectivity index (χ3n) is 5.95. The van der Waals surface area contributed by atoms with Crippen LogP contribution in [0.1, 0.15) is 17.3 Å². The maximum atomic E-state index is 12.9. The van der Waals surface area contributed by atoms with E-state index in [2.05, 4.69) is 28.9 Å². The van der Waals surface area contributed by atoms with Crippen molar-refractivity contribution in [2.45, 2.75) is 17.7 Å². The van der Waals surface area contributed by atoms with E-state index in [4.69, 9.17) is 0 Å². The van der Waals surface area contributed by atoms with Crippen LogP contribution in [0.5, 0.6) is 0 Å². The maximum absolute atomic E-state index is 12.9. The lowest BCUT2D eigenvalue weighted by Crippen LogP contribution is -2.25. The Morgan fingerprint density at radius 2 is 1.68 bits per heavy atom. The van der Waals surface area contributed by atoms with Gasteiger partial charge >= 0.3 is 0 Å². The molecule has 34 heavy (non-hydrogen) atoms. The number of aromatic nitrogens is 1. The van der Waals surface area contributed by atoms with Crippen LogP contribution in [0.2, 0.25) is 0 Å². The van der Waals surface area contributed by atoms with E-state index in [0.29, 0.717) is 16.9 Å². The van der Waals surface area contributed by atoms with E-state index >= 15 is 0 Å². The molecule has 172 valence electrons. The number of aryl methyl sites for hydroxylation is 1. The molecule has 5 rings (SSSR count). The van der Waals surface area contributed by atoms with Crippen molar-refractivity contribution in [1.82, 2.24) is 4.57 Å². The number of sulfonamides is 1. The van der Waals surface area contributed by atoms with Crippen molar-refractivity contribution in [3.63, 3.8) is 0 Å². The van der Waals surface area contributed by atoms with E-state index in [1.54, 1.807) is 41.8 Å². The van der Waals surface area contributed by atoms with Gasteiger partial charge in [-0.15, -0.1) is 11.3 Å². The third-order valence-corrected chi connectivity index (χ3v) is 9.11. The molecule has 1 N–H and O–H groups in total. The Labute approximate surface area is 202 Å². The fourth-order valence-electron chi connectivity index (χ4n) is 4.18. The number of anilines is 2. The van der Waals surface area contributed by atoms with Crippen molar-refractivity contribution < 1.29 is 13.2 Å². The quantitative estimate of drug-likeness (QED) is 0.320. The summed E-state index contributed by atoms with van der Waals surface area (Å²) in [6.07, 6.45) is 0. The predicted octanol–water partition coefficient (Wildman–Crippen LogP) is 5.95. The van der Waals surface area contributed by atoms with Crippen LogP contribution in [0.15, 0.2) is 88.5 Å². The Bertz CT molecular complexity index is 1600. The summed E-state index contributed by atoms with van der Waals surface area (Å²) in [5, 5.41) is 6.93. The van der Waals surface area contributed by atoms with Gasteiger partial charge < -0.3 is 9.88 Å². The van der Waals surface area contributed by atoms with Crippen molar-refractivity contribution in [3.8, 4) is 0 Å². The highest BCUT2D eigenvalue weighted by molar-refractivity contribution is 7.94. The van der Waals surface area contributed by atoms with Gasteiger partial charge in [-0.3, -0.25) is 9.10 Å². The lowest BCUT2D eigenvalue weighted by Gasteiger charge is -2.18. The number of benzene rings is 3. The summed E-state index contributed by atoms with van der Waals surface area (Å²) in [6, 6.07) is 24.0. The molecule has 0 aliphatic carbocycles. The Hall–Kier alpha value is -3.62. The molecular formula is C26H23N3O3S2. The molecule has 2 heterocycles. The standard InChI is InChI=1S/C26H23N3O3S2/c1-3-29-23-8-5-4-7-21(23)22-17-19(12-15-24(22)29)27-26(30)18-10-13-20(14-11-18)28(2)34(31,32)25-9-6-16-33-25/h4-17H,3H2,1-2H3,(H,27,30). The van der Waals surface area contributed by atoms with Gasteiger partial charge in [0, 0.05) is 46.6 Å². The zero-order chi connectivity index (χ0) is 23.9. The normalized spacial score (nSPS) is 11.7. The Balaban J connectivity index is 1.39. The summed E-state index contributed by atoms with van der Waals surface area (Å²) in [6.45, 7) is 2.98. The molecule has 5 aromatic rings. The molecule has 6 nitrogen and oxygen atoms in total. The lowest BCUT2D eigenvalue weighted by atomic mass is 10.1. The number of fused-ring (bicyclic) bond motifs is 3. The van der Waals surface area contributed by atoms with Crippen molar-refractivity contribution in [2.75, 3.05) is 16.7 Å². The number of rotatable bonds is 6. The second-order valence-electron chi connectivity index (χ2n) is 7.90. The van der Waals surface area contributed by atoms with Gasteiger partial charge in [0.15, 0.2) is 0 Å². The highest BCUT2D eigenvalue weighted by atomic mass is 32.2. The van der Waals surface area contributed by atoms with Gasteiger partial charge in [-0.05, 0) is 66.9 Å². The van der Waals surface area contributed by atoms with Crippen LogP contribution in [0.25, 0.3) is 21.8 Å². The molecule has 0 saturated heterocycles. The molecule has 0 bridgehead atoms. The summed E-state index contributed by atoms with van der Waals surface area (Å²) >= 11 is 1.17. The van der Waals surface area contributed by atoms with E-state index in [0.717, 1.165) is 22.8 Å². The van der Waals surface area contributed by atoms with Gasteiger partial charge in [0.2, 0.25) is 0 Å². The first-order valence-corrected chi connectivity index (χ1v) is 13.2. The van der Waals surface area contributed by atoms with Gasteiger partial charge in [-0.1, -0.05) is 24.3 Å². The molecular weight excluding hydrogens is 466 g/mol. The molecule has 0 aliphatic heterocycles. The zero-order valence-electron chi connectivity index (χ0n) is 18.7. The second-order valence-corrected chi connectivity index (χ2v) is 11.0. The van der Waals surface area contributed by atoms with Gasteiger partial charge in [0.25, 0.3) is 15.9 Å². The van der Waals surface area contributed by atoms with E-state index < -0.39 is 10.0 Å². The van der Waals surface area contributed by atoms with Crippen LogP contribution in [0.4, 0.5) is 11.4 Å². The summed E-state index contributed by atoms with van der Waals surface area (Å²) in [5.41, 5.74) is 3.93. The van der Waals surface area contributed by atoms with Crippen LogP contribution in [0.3, 0.4) is 0 Å². The van der Waals surface area contributed by atoms with Gasteiger partial charge in [0.1, 0.15) is 4.21 Å². The minimum Gasteiger partial charge on any atom is -0.341 e. The fourth-order valence-corrected chi connectivity index (χ4v) is 6.54. The first kappa shape index (κ1) is 22.2. The number of nitrogens with one attached hydrogen (secondary N) is 1. The number of carbonyl (C=O) groups is 1. The Morgan fingerprint density at radius 3 is 2.38 bits per heavy atom. The van der Waals surface area contributed by atoms with Crippen LogP contribution >= 0.6 is 11.3 Å². The topological polar surface area (TPSA) is 71.4 Å². The molecule has 0 aliphatic rings. The monoisotopic (exact) mass is 489 g/mol. The van der Waals surface area contributed by atoms with Crippen molar-refractivity contribution in [3.05, 3.63) is 89.8 Å². The first-order chi connectivity index (χ1) is 16.4. The van der Waals surface area contributed by atoms with Crippen molar-refractivity contribution in [1.29, 1.82) is 0 Å². The van der Waals surface area contributed by atoms with Crippen molar-refractivity contribution in [2.24, 2.45) is 0 Å². The highest BCUT2D eigenvalue weighted by Gasteiger charge is 2.22. The fraction of sp³-hybridized carbons (Fsp3) is 0.115. The van der Waals surface area contributed by atoms with E-state index in [9.17, 15) is 13.2 Å². The van der Waals surface area contributed by atoms with E-state index in [-0.39, 0.29) is 10.1 Å². The van der Waals surface area contributed by atoms with Crippen LogP contribution in [-0.4, -0.2) is 25.9 Å². The van der Waals surface area contributed by atoms with Crippen molar-refractivity contribution >= 4 is 60.4 Å². The van der Waals surface area contributed by atoms with Gasteiger partial charge in [0.05, 0.1) is 5.69 Å². The Morgan fingerprint density at radius 1 is 0.941 bits per heavy atom. The summed E-state index contributed by atoms with van der Waals surface area (Å²) < 4.78 is 29.2. The summed E-state index contributed by atoms with van der Waals surface area (Å²) in [4.78, 5) is 12.9. The lowest BCUT2D eigenvalue weighted by molar-refractivity contribution is 0.102. The first-order valence-electron chi connectivity index (χ1n) is 10.8. The second kappa shape index (κ2) is 8.62.